The quantitative estimate of drug-likeness (QED) is 0.399. The number of halogens is 2. The summed E-state index contributed by atoms with van der Waals surface area (Å²) in [6, 6.07) is 19.3. The molecule has 36 heavy (non-hydrogen) atoms. The van der Waals surface area contributed by atoms with Crippen molar-refractivity contribution in [2.75, 3.05) is 6.54 Å². The third kappa shape index (κ3) is 3.32. The molecule has 3 aliphatic rings. The van der Waals surface area contributed by atoms with Crippen molar-refractivity contribution in [3.8, 4) is 16.9 Å². The number of hydrogen-bond donors (Lipinski definition) is 2. The molecule has 7 rings (SSSR count). The Morgan fingerprint density at radius 3 is 2.64 bits per heavy atom. The molecule has 0 spiro atoms. The number of amides is 1. The highest BCUT2D eigenvalue weighted by molar-refractivity contribution is 5.98. The van der Waals surface area contributed by atoms with Gasteiger partial charge in [0.25, 0.3) is 5.91 Å². The SMILES string of the molecule is O=C1N[C@@H]2C[C@H](c3c(OC(F)F)cccc31)n1c2nc2ccc(-c3ccc(C4CCCN4)cc3)cc21. The van der Waals surface area contributed by atoms with Crippen molar-refractivity contribution < 1.29 is 18.3 Å². The van der Waals surface area contributed by atoms with Crippen molar-refractivity contribution in [2.24, 2.45) is 0 Å². The van der Waals surface area contributed by atoms with Gasteiger partial charge in [-0.25, -0.2) is 4.98 Å². The van der Waals surface area contributed by atoms with Gasteiger partial charge < -0.3 is 19.9 Å². The lowest BCUT2D eigenvalue weighted by atomic mass is 9.97. The topological polar surface area (TPSA) is 68.2 Å². The average molecular weight is 487 g/mol. The molecular formula is C28H24F2N4O2. The third-order valence-corrected chi connectivity index (χ3v) is 7.67. The van der Waals surface area contributed by atoms with E-state index in [1.54, 1.807) is 12.1 Å². The van der Waals surface area contributed by atoms with Gasteiger partial charge in [0, 0.05) is 17.2 Å². The Balaban J connectivity index is 1.34. The van der Waals surface area contributed by atoms with E-state index < -0.39 is 6.61 Å². The number of aromatic nitrogens is 2. The largest absolute Gasteiger partial charge is 0.434 e. The molecule has 2 bridgehead atoms. The monoisotopic (exact) mass is 486 g/mol. The molecule has 0 saturated carbocycles. The van der Waals surface area contributed by atoms with E-state index in [0.717, 1.165) is 41.0 Å². The highest BCUT2D eigenvalue weighted by Gasteiger charge is 2.42. The summed E-state index contributed by atoms with van der Waals surface area (Å²) in [5, 5.41) is 6.57. The Kier molecular flexibility index (Phi) is 4.86. The van der Waals surface area contributed by atoms with Crippen LogP contribution in [0.3, 0.4) is 0 Å². The minimum Gasteiger partial charge on any atom is -0.434 e. The van der Waals surface area contributed by atoms with Crippen LogP contribution in [0.15, 0.2) is 60.7 Å². The van der Waals surface area contributed by atoms with Gasteiger partial charge in [0.05, 0.1) is 23.1 Å². The third-order valence-electron chi connectivity index (χ3n) is 7.67. The van der Waals surface area contributed by atoms with Gasteiger partial charge in [0.15, 0.2) is 0 Å². The molecule has 0 aliphatic carbocycles. The molecule has 0 radical (unpaired) electrons. The molecule has 3 atom stereocenters. The molecule has 4 aromatic rings. The van der Waals surface area contributed by atoms with Gasteiger partial charge in [-0.2, -0.15) is 8.78 Å². The highest BCUT2D eigenvalue weighted by atomic mass is 19.3. The Morgan fingerprint density at radius 1 is 1.03 bits per heavy atom. The van der Waals surface area contributed by atoms with Crippen molar-refractivity contribution in [1.82, 2.24) is 20.2 Å². The Bertz CT molecular complexity index is 1490. The summed E-state index contributed by atoms with van der Waals surface area (Å²) in [5.74, 6) is 0.471. The van der Waals surface area contributed by atoms with Crippen LogP contribution in [-0.2, 0) is 0 Å². The van der Waals surface area contributed by atoms with Crippen LogP contribution in [0.1, 0.15) is 64.7 Å². The second-order valence-corrected chi connectivity index (χ2v) is 9.69. The number of fused-ring (bicyclic) bond motifs is 9. The number of carbonyl (C=O) groups excluding carboxylic acids is 1. The van der Waals surface area contributed by atoms with Crippen molar-refractivity contribution in [3.05, 3.63) is 83.2 Å². The summed E-state index contributed by atoms with van der Waals surface area (Å²) in [7, 11) is 0. The second kappa shape index (κ2) is 8.13. The first kappa shape index (κ1) is 21.5. The number of alkyl halides is 2. The van der Waals surface area contributed by atoms with Crippen LogP contribution in [0, 0.1) is 0 Å². The van der Waals surface area contributed by atoms with Gasteiger partial charge in [-0.1, -0.05) is 36.4 Å². The Hall–Kier alpha value is -3.78. The summed E-state index contributed by atoms with van der Waals surface area (Å²) in [5.41, 5.74) is 6.01. The lowest BCUT2D eigenvalue weighted by Gasteiger charge is -2.21. The van der Waals surface area contributed by atoms with Crippen LogP contribution < -0.4 is 15.4 Å². The molecule has 3 aliphatic heterocycles. The van der Waals surface area contributed by atoms with Gasteiger partial charge >= 0.3 is 6.61 Å². The van der Waals surface area contributed by atoms with Crippen LogP contribution in [0.25, 0.3) is 22.2 Å². The number of hydrogen-bond acceptors (Lipinski definition) is 4. The zero-order chi connectivity index (χ0) is 24.4. The summed E-state index contributed by atoms with van der Waals surface area (Å²) in [6.45, 7) is -1.92. The molecule has 1 fully saturated rings. The van der Waals surface area contributed by atoms with Gasteiger partial charge in [-0.05, 0) is 66.8 Å². The van der Waals surface area contributed by atoms with E-state index in [9.17, 15) is 13.6 Å². The molecule has 1 unspecified atom stereocenters. The van der Waals surface area contributed by atoms with Gasteiger partial charge in [-0.15, -0.1) is 0 Å². The van der Waals surface area contributed by atoms with E-state index in [2.05, 4.69) is 51.6 Å². The zero-order valence-corrected chi connectivity index (χ0v) is 19.4. The fourth-order valence-corrected chi connectivity index (χ4v) is 6.07. The standard InChI is InChI=1S/C28H24F2N4O2/c29-28(30)36-24-5-1-3-18-25(24)23-14-21(33-27(18)35)26-32-20-11-10-17(13-22(20)34(23)26)15-6-8-16(9-7-15)19-4-2-12-31-19/h1,3,5-11,13,19,21,23,28,31H,2,4,12,14H2,(H,33,35)/t19?,21-,23-/m1/s1. The second-order valence-electron chi connectivity index (χ2n) is 9.69. The number of ether oxygens (including phenoxy) is 1. The first-order valence-corrected chi connectivity index (χ1v) is 12.3. The molecule has 4 heterocycles. The number of nitrogens with zero attached hydrogens (tertiary/aromatic N) is 2. The molecule has 182 valence electrons. The molecule has 2 N–H and O–H groups in total. The van der Waals surface area contributed by atoms with Crippen molar-refractivity contribution in [2.45, 2.75) is 44.0 Å². The van der Waals surface area contributed by atoms with E-state index in [4.69, 9.17) is 9.72 Å². The number of rotatable bonds is 4. The smallest absolute Gasteiger partial charge is 0.387 e. The lowest BCUT2D eigenvalue weighted by Crippen LogP contribution is -2.28. The fraction of sp³-hybridized carbons (Fsp3) is 0.286. The average Bonchev–Trinajstić information content (AvgIpc) is 3.59. The molecule has 8 heteroatoms. The van der Waals surface area contributed by atoms with E-state index >= 15 is 0 Å². The first-order chi connectivity index (χ1) is 17.6. The minimum atomic E-state index is -2.98. The van der Waals surface area contributed by atoms with Crippen LogP contribution in [0.4, 0.5) is 8.78 Å². The van der Waals surface area contributed by atoms with Crippen LogP contribution in [0.5, 0.6) is 5.75 Å². The number of nitrogens with one attached hydrogen (secondary N) is 2. The number of imidazole rings is 1. The van der Waals surface area contributed by atoms with Crippen molar-refractivity contribution in [3.63, 3.8) is 0 Å². The molecule has 1 saturated heterocycles. The highest BCUT2D eigenvalue weighted by Crippen LogP contribution is 2.47. The predicted molar refractivity (Wildman–Crippen MR) is 131 cm³/mol. The van der Waals surface area contributed by atoms with E-state index in [1.165, 1.54) is 18.1 Å². The minimum absolute atomic E-state index is 0.0327. The van der Waals surface area contributed by atoms with Gasteiger partial charge in [-0.3, -0.25) is 4.79 Å². The number of benzene rings is 3. The predicted octanol–water partition coefficient (Wildman–Crippen LogP) is 5.51. The molecule has 6 nitrogen and oxygen atoms in total. The van der Waals surface area contributed by atoms with E-state index in [0.29, 0.717) is 23.6 Å². The fourth-order valence-electron chi connectivity index (χ4n) is 6.07. The maximum Gasteiger partial charge on any atom is 0.387 e. The van der Waals surface area contributed by atoms with Crippen LogP contribution >= 0.6 is 0 Å². The maximum absolute atomic E-state index is 13.2. The molecule has 1 aromatic heterocycles. The maximum atomic E-state index is 13.2. The zero-order valence-electron chi connectivity index (χ0n) is 19.4. The van der Waals surface area contributed by atoms with Gasteiger partial charge in [0.1, 0.15) is 11.6 Å². The normalized spacial score (nSPS) is 22.4. The molecule has 1 amide bonds. The Labute approximate surface area is 206 Å². The van der Waals surface area contributed by atoms with E-state index in [-0.39, 0.29) is 23.7 Å². The summed E-state index contributed by atoms with van der Waals surface area (Å²) < 4.78 is 33.4. The van der Waals surface area contributed by atoms with E-state index in [1.807, 2.05) is 6.07 Å². The summed E-state index contributed by atoms with van der Waals surface area (Å²) in [4.78, 5) is 17.8. The van der Waals surface area contributed by atoms with Gasteiger partial charge in [0.2, 0.25) is 0 Å². The first-order valence-electron chi connectivity index (χ1n) is 12.3. The van der Waals surface area contributed by atoms with Crippen molar-refractivity contribution >= 4 is 16.9 Å². The Morgan fingerprint density at radius 2 is 1.86 bits per heavy atom. The number of carbonyl (C=O) groups is 1. The van der Waals surface area contributed by atoms with Crippen molar-refractivity contribution in [1.29, 1.82) is 0 Å². The van der Waals surface area contributed by atoms with Crippen LogP contribution in [0.2, 0.25) is 0 Å². The molecule has 3 aromatic carbocycles. The van der Waals surface area contributed by atoms with Crippen LogP contribution in [-0.4, -0.2) is 28.6 Å². The summed E-state index contributed by atoms with van der Waals surface area (Å²) in [6.07, 6.45) is 2.89. The molecular weight excluding hydrogens is 462 g/mol. The lowest BCUT2D eigenvalue weighted by molar-refractivity contribution is -0.0507. The summed E-state index contributed by atoms with van der Waals surface area (Å²) >= 11 is 0.